The summed E-state index contributed by atoms with van der Waals surface area (Å²) in [6, 6.07) is 11.1. The van der Waals surface area contributed by atoms with Crippen LogP contribution >= 0.6 is 0 Å². The zero-order valence-electron chi connectivity index (χ0n) is 14.9. The van der Waals surface area contributed by atoms with E-state index in [9.17, 15) is 4.79 Å². The van der Waals surface area contributed by atoms with E-state index in [0.29, 0.717) is 17.1 Å². The Hall–Kier alpha value is -2.62. The largest absolute Gasteiger partial charge is 0.481 e. The number of carbonyl (C=O) groups excluding carboxylic acids is 1. The number of hydrogen-bond acceptors (Lipinski definition) is 3. The number of methoxy groups -OCH3 is 1. The molecule has 0 aliphatic heterocycles. The molecule has 126 valence electrons. The Morgan fingerprint density at radius 2 is 1.71 bits per heavy atom. The van der Waals surface area contributed by atoms with Gasteiger partial charge in [0.05, 0.1) is 19.0 Å². The highest BCUT2D eigenvalue weighted by atomic mass is 16.5. The standard InChI is InChI=1S/C20H24N2O2/c1-14(12-20(2,3)4)15-6-8-16(9-7-15)19(23)22-17-10-11-18(24-5)21-13-17/h6-13H,1-5H3,(H,22,23). The Kier molecular flexibility index (Phi) is 5.39. The molecule has 0 fully saturated rings. The van der Waals surface area contributed by atoms with Crippen LogP contribution in [-0.4, -0.2) is 18.0 Å². The average Bonchev–Trinajstić information content (AvgIpc) is 2.54. The number of carbonyl (C=O) groups is 1. The van der Waals surface area contributed by atoms with Gasteiger partial charge in [-0.05, 0) is 41.7 Å². The minimum absolute atomic E-state index is 0.126. The maximum atomic E-state index is 12.3. The third kappa shape index (κ3) is 4.95. The zero-order chi connectivity index (χ0) is 17.7. The molecule has 0 spiro atoms. The van der Waals surface area contributed by atoms with E-state index in [1.165, 1.54) is 5.57 Å². The number of hydrogen-bond donors (Lipinski definition) is 1. The fraction of sp³-hybridized carbons (Fsp3) is 0.300. The first-order valence-corrected chi connectivity index (χ1v) is 7.90. The van der Waals surface area contributed by atoms with E-state index in [0.717, 1.165) is 5.56 Å². The Balaban J connectivity index is 2.09. The Bertz CT molecular complexity index is 724. The van der Waals surface area contributed by atoms with E-state index < -0.39 is 0 Å². The lowest BCUT2D eigenvalue weighted by Crippen LogP contribution is -2.12. The zero-order valence-corrected chi connectivity index (χ0v) is 14.9. The molecule has 0 aliphatic rings. The van der Waals surface area contributed by atoms with Gasteiger partial charge in [0.25, 0.3) is 5.91 Å². The molecular weight excluding hydrogens is 300 g/mol. The van der Waals surface area contributed by atoms with Gasteiger partial charge in [-0.3, -0.25) is 4.79 Å². The van der Waals surface area contributed by atoms with Crippen LogP contribution in [-0.2, 0) is 0 Å². The Labute approximate surface area is 143 Å². The number of aromatic nitrogens is 1. The van der Waals surface area contributed by atoms with Gasteiger partial charge in [-0.1, -0.05) is 39.0 Å². The summed E-state index contributed by atoms with van der Waals surface area (Å²) in [5.41, 5.74) is 3.69. The molecule has 0 saturated heterocycles. The van der Waals surface area contributed by atoms with Crippen molar-refractivity contribution in [2.24, 2.45) is 5.41 Å². The number of ether oxygens (including phenoxy) is 1. The number of benzene rings is 1. The first kappa shape index (κ1) is 17.7. The van der Waals surface area contributed by atoms with Crippen LogP contribution in [0.15, 0.2) is 48.7 Å². The van der Waals surface area contributed by atoms with Gasteiger partial charge in [-0.25, -0.2) is 4.98 Å². The summed E-state index contributed by atoms with van der Waals surface area (Å²) >= 11 is 0. The maximum Gasteiger partial charge on any atom is 0.255 e. The highest BCUT2D eigenvalue weighted by Gasteiger charge is 2.09. The Morgan fingerprint density at radius 3 is 2.21 bits per heavy atom. The number of anilines is 1. The lowest BCUT2D eigenvalue weighted by atomic mass is 9.91. The molecule has 4 nitrogen and oxygen atoms in total. The molecular formula is C20H24N2O2. The molecule has 2 rings (SSSR count). The minimum atomic E-state index is -0.161. The second kappa shape index (κ2) is 7.30. The summed E-state index contributed by atoms with van der Waals surface area (Å²) in [6.07, 6.45) is 3.80. The summed E-state index contributed by atoms with van der Waals surface area (Å²) in [6.45, 7) is 8.59. The number of pyridine rings is 1. The van der Waals surface area contributed by atoms with E-state index in [2.05, 4.69) is 44.1 Å². The molecule has 24 heavy (non-hydrogen) atoms. The van der Waals surface area contributed by atoms with Crippen LogP contribution in [0.2, 0.25) is 0 Å². The van der Waals surface area contributed by atoms with Crippen LogP contribution in [0.3, 0.4) is 0 Å². The number of nitrogens with zero attached hydrogens (tertiary/aromatic N) is 1. The van der Waals surface area contributed by atoms with E-state index >= 15 is 0 Å². The van der Waals surface area contributed by atoms with Gasteiger partial charge >= 0.3 is 0 Å². The highest BCUT2D eigenvalue weighted by Crippen LogP contribution is 2.23. The van der Waals surface area contributed by atoms with Crippen molar-refractivity contribution in [2.45, 2.75) is 27.7 Å². The quantitative estimate of drug-likeness (QED) is 0.879. The average molecular weight is 324 g/mol. The van der Waals surface area contributed by atoms with Gasteiger partial charge in [0, 0.05) is 11.6 Å². The molecule has 4 heteroatoms. The van der Waals surface area contributed by atoms with E-state index in [4.69, 9.17) is 4.74 Å². The van der Waals surface area contributed by atoms with Crippen LogP contribution in [0.1, 0.15) is 43.6 Å². The van der Waals surface area contributed by atoms with Crippen LogP contribution < -0.4 is 10.1 Å². The van der Waals surface area contributed by atoms with Crippen LogP contribution in [0.25, 0.3) is 5.57 Å². The molecule has 1 aromatic heterocycles. The van der Waals surface area contributed by atoms with E-state index in [1.807, 2.05) is 24.3 Å². The lowest BCUT2D eigenvalue weighted by molar-refractivity contribution is 0.102. The SMILES string of the molecule is COc1ccc(NC(=O)c2ccc(C(C)=CC(C)(C)C)cc2)cn1. The molecule has 0 aliphatic carbocycles. The van der Waals surface area contributed by atoms with Gasteiger partial charge in [0.2, 0.25) is 5.88 Å². The molecule has 1 aromatic carbocycles. The van der Waals surface area contributed by atoms with Crippen molar-refractivity contribution in [3.8, 4) is 5.88 Å². The number of amides is 1. The molecule has 2 aromatic rings. The van der Waals surface area contributed by atoms with Crippen molar-refractivity contribution in [1.29, 1.82) is 0 Å². The smallest absolute Gasteiger partial charge is 0.255 e. The van der Waals surface area contributed by atoms with Gasteiger partial charge in [-0.2, -0.15) is 0 Å². The van der Waals surface area contributed by atoms with Gasteiger partial charge < -0.3 is 10.1 Å². The minimum Gasteiger partial charge on any atom is -0.481 e. The van der Waals surface area contributed by atoms with Gasteiger partial charge in [0.15, 0.2) is 0 Å². The molecule has 1 N–H and O–H groups in total. The number of nitrogens with one attached hydrogen (secondary N) is 1. The second-order valence-corrected chi connectivity index (χ2v) is 6.81. The molecule has 0 unspecified atom stereocenters. The summed E-state index contributed by atoms with van der Waals surface area (Å²) in [5.74, 6) is 0.351. The maximum absolute atomic E-state index is 12.3. The monoisotopic (exact) mass is 324 g/mol. The summed E-state index contributed by atoms with van der Waals surface area (Å²) < 4.78 is 5.00. The van der Waals surface area contributed by atoms with E-state index in [-0.39, 0.29) is 11.3 Å². The first-order valence-electron chi connectivity index (χ1n) is 7.90. The molecule has 0 radical (unpaired) electrons. The summed E-state index contributed by atoms with van der Waals surface area (Å²) in [4.78, 5) is 16.4. The predicted octanol–water partition coefficient (Wildman–Crippen LogP) is 4.79. The molecule has 1 amide bonds. The van der Waals surface area contributed by atoms with Crippen molar-refractivity contribution < 1.29 is 9.53 Å². The van der Waals surface area contributed by atoms with Crippen molar-refractivity contribution in [3.05, 3.63) is 59.8 Å². The van der Waals surface area contributed by atoms with Gasteiger partial charge in [0.1, 0.15) is 0 Å². The first-order chi connectivity index (χ1) is 11.3. The highest BCUT2D eigenvalue weighted by molar-refractivity contribution is 6.04. The number of allylic oxidation sites excluding steroid dienone is 2. The second-order valence-electron chi connectivity index (χ2n) is 6.81. The molecule has 0 saturated carbocycles. The van der Waals surface area contributed by atoms with Crippen LogP contribution in [0.4, 0.5) is 5.69 Å². The topological polar surface area (TPSA) is 51.2 Å². The van der Waals surface area contributed by atoms with Crippen LogP contribution in [0, 0.1) is 5.41 Å². The summed E-state index contributed by atoms with van der Waals surface area (Å²) in [5, 5.41) is 2.82. The normalized spacial score (nSPS) is 12.0. The fourth-order valence-electron chi connectivity index (χ4n) is 2.40. The van der Waals surface area contributed by atoms with Crippen molar-refractivity contribution in [1.82, 2.24) is 4.98 Å². The molecule has 0 bridgehead atoms. The van der Waals surface area contributed by atoms with Crippen molar-refractivity contribution >= 4 is 17.2 Å². The fourth-order valence-corrected chi connectivity index (χ4v) is 2.40. The third-order valence-electron chi connectivity index (χ3n) is 3.46. The number of rotatable bonds is 4. The summed E-state index contributed by atoms with van der Waals surface area (Å²) in [7, 11) is 1.55. The predicted molar refractivity (Wildman–Crippen MR) is 98.3 cm³/mol. The van der Waals surface area contributed by atoms with Crippen molar-refractivity contribution in [3.63, 3.8) is 0 Å². The van der Waals surface area contributed by atoms with E-state index in [1.54, 1.807) is 25.4 Å². The molecule has 1 heterocycles. The van der Waals surface area contributed by atoms with Crippen molar-refractivity contribution in [2.75, 3.05) is 12.4 Å². The van der Waals surface area contributed by atoms with Gasteiger partial charge in [-0.15, -0.1) is 0 Å². The third-order valence-corrected chi connectivity index (χ3v) is 3.46. The lowest BCUT2D eigenvalue weighted by Gasteiger charge is -2.14. The Morgan fingerprint density at radius 1 is 1.08 bits per heavy atom. The molecule has 0 atom stereocenters. The van der Waals surface area contributed by atoms with Crippen LogP contribution in [0.5, 0.6) is 5.88 Å².